The zero-order chi connectivity index (χ0) is 27.9. The number of carbonyl (C=O) groups is 1. The summed E-state index contributed by atoms with van der Waals surface area (Å²) in [6.07, 6.45) is 0.903. The van der Waals surface area contributed by atoms with Crippen LogP contribution in [0.4, 0.5) is 4.39 Å². The maximum atomic E-state index is 15.2. The molecule has 0 amide bonds. The summed E-state index contributed by atoms with van der Waals surface area (Å²) in [5.41, 5.74) is 5.88. The summed E-state index contributed by atoms with van der Waals surface area (Å²) in [5.74, 6) is 0.575. The molecule has 7 heteroatoms. The monoisotopic (exact) mass is 529 g/mol. The van der Waals surface area contributed by atoms with Gasteiger partial charge in [-0.1, -0.05) is 12.1 Å². The Labute approximate surface area is 227 Å². The number of rotatable bonds is 8. The second-order valence-corrected chi connectivity index (χ2v) is 11.2. The molecule has 1 aliphatic carbocycles. The number of ether oxygens (including phenoxy) is 3. The Bertz CT molecular complexity index is 1470. The summed E-state index contributed by atoms with van der Waals surface area (Å²) in [7, 11) is 0. The molecule has 0 radical (unpaired) electrons. The van der Waals surface area contributed by atoms with Crippen molar-refractivity contribution in [2.24, 2.45) is 5.41 Å². The van der Waals surface area contributed by atoms with E-state index >= 15 is 4.39 Å². The number of hydrogen-bond donors (Lipinski definition) is 1. The van der Waals surface area contributed by atoms with Crippen LogP contribution in [0.15, 0.2) is 42.5 Å². The molecule has 3 aromatic carbocycles. The zero-order valence-electron chi connectivity index (χ0n) is 22.6. The number of benzene rings is 3. The Morgan fingerprint density at radius 3 is 2.59 bits per heavy atom. The van der Waals surface area contributed by atoms with Crippen molar-refractivity contribution >= 4 is 5.97 Å². The van der Waals surface area contributed by atoms with Crippen LogP contribution >= 0.6 is 0 Å². The Morgan fingerprint density at radius 1 is 1.15 bits per heavy atom. The Balaban J connectivity index is 1.41. The largest absolute Gasteiger partial charge is 0.492 e. The van der Waals surface area contributed by atoms with Crippen molar-refractivity contribution in [3.8, 4) is 34.4 Å². The van der Waals surface area contributed by atoms with Crippen molar-refractivity contribution in [1.29, 1.82) is 5.26 Å². The Morgan fingerprint density at radius 2 is 1.90 bits per heavy atom. The molecule has 0 spiro atoms. The van der Waals surface area contributed by atoms with Gasteiger partial charge in [0.05, 0.1) is 24.5 Å². The number of halogens is 1. The fraction of sp³-hybridized carbons (Fsp3) is 0.375. The molecule has 0 saturated carbocycles. The minimum atomic E-state index is -0.860. The lowest BCUT2D eigenvalue weighted by Crippen LogP contribution is -2.19. The second kappa shape index (κ2) is 10.3. The molecule has 202 valence electrons. The average molecular weight is 530 g/mol. The van der Waals surface area contributed by atoms with Gasteiger partial charge in [0, 0.05) is 23.1 Å². The third-order valence-electron chi connectivity index (χ3n) is 7.52. The molecule has 0 unspecified atom stereocenters. The van der Waals surface area contributed by atoms with Gasteiger partial charge in [-0.05, 0) is 92.6 Å². The number of nitriles is 1. The molecule has 6 nitrogen and oxygen atoms in total. The summed E-state index contributed by atoms with van der Waals surface area (Å²) in [4.78, 5) is 11.1. The number of aryl methyl sites for hydroxylation is 2. The van der Waals surface area contributed by atoms with Crippen molar-refractivity contribution < 1.29 is 28.5 Å². The summed E-state index contributed by atoms with van der Waals surface area (Å²) in [6.45, 7) is 8.34. The van der Waals surface area contributed by atoms with E-state index in [1.165, 1.54) is 6.07 Å². The van der Waals surface area contributed by atoms with Gasteiger partial charge in [0.2, 0.25) is 0 Å². The molecular formula is C32H32FNO5. The van der Waals surface area contributed by atoms with E-state index in [-0.39, 0.29) is 18.2 Å². The lowest BCUT2D eigenvalue weighted by atomic mass is 9.90. The van der Waals surface area contributed by atoms with Crippen LogP contribution < -0.4 is 14.2 Å². The number of fused-ring (bicyclic) bond motifs is 2. The van der Waals surface area contributed by atoms with Gasteiger partial charge in [-0.3, -0.25) is 4.79 Å². The molecule has 39 heavy (non-hydrogen) atoms. The number of carboxylic acid groups (broad SMARTS) is 1. The molecule has 3 aromatic rings. The quantitative estimate of drug-likeness (QED) is 0.336. The SMILES string of the molecule is Cc1cc(OCC(C)(C)C#N)cc(C)c1-c1ccc(F)c2c1CC[C@H]2Oc1ccc2c(c1)OC[C@H]2CC(=O)O. The summed E-state index contributed by atoms with van der Waals surface area (Å²) >= 11 is 0. The van der Waals surface area contributed by atoms with Gasteiger partial charge < -0.3 is 19.3 Å². The molecule has 2 aliphatic rings. The lowest BCUT2D eigenvalue weighted by molar-refractivity contribution is -0.137. The zero-order valence-corrected chi connectivity index (χ0v) is 22.6. The van der Waals surface area contributed by atoms with Crippen LogP contribution in [0.3, 0.4) is 0 Å². The first kappa shape index (κ1) is 26.6. The number of carboxylic acids is 1. The van der Waals surface area contributed by atoms with Crippen LogP contribution in [-0.4, -0.2) is 24.3 Å². The van der Waals surface area contributed by atoms with Crippen molar-refractivity contribution in [2.75, 3.05) is 13.2 Å². The molecule has 0 saturated heterocycles. The van der Waals surface area contributed by atoms with E-state index < -0.39 is 17.5 Å². The van der Waals surface area contributed by atoms with Gasteiger partial charge in [0.25, 0.3) is 0 Å². The second-order valence-electron chi connectivity index (χ2n) is 11.2. The Kier molecular flexibility index (Phi) is 6.98. The van der Waals surface area contributed by atoms with Gasteiger partial charge in [-0.15, -0.1) is 0 Å². The standard InChI is InChI=1S/C32H32FNO5/c1-18-11-22(38-17-32(3,4)16-34)12-19(2)30(18)24-7-9-26(33)31-25(24)8-10-27(31)39-21-5-6-23-20(13-29(35)36)15-37-28(23)14-21/h5-7,9,11-12,14,20,27H,8,10,13,15,17H2,1-4H3,(H,35,36)/t20-,27-/m1/s1. The van der Waals surface area contributed by atoms with Gasteiger partial charge in [-0.2, -0.15) is 5.26 Å². The number of nitrogens with zero attached hydrogens (tertiary/aromatic N) is 1. The normalized spacial score (nSPS) is 17.6. The molecule has 5 rings (SSSR count). The summed E-state index contributed by atoms with van der Waals surface area (Å²) < 4.78 is 33.2. The van der Waals surface area contributed by atoms with Crippen molar-refractivity contribution in [1.82, 2.24) is 0 Å². The molecule has 1 heterocycles. The van der Waals surface area contributed by atoms with Gasteiger partial charge in [0.15, 0.2) is 0 Å². The third kappa shape index (κ3) is 5.29. The van der Waals surface area contributed by atoms with E-state index in [1.807, 2.05) is 58.0 Å². The van der Waals surface area contributed by atoms with Crippen LogP contribution in [0.1, 0.15) is 66.5 Å². The number of hydrogen-bond acceptors (Lipinski definition) is 5. The van der Waals surface area contributed by atoms with E-state index in [0.717, 1.165) is 33.4 Å². The van der Waals surface area contributed by atoms with Crippen LogP contribution in [0.5, 0.6) is 17.2 Å². The van der Waals surface area contributed by atoms with Crippen molar-refractivity contribution in [3.05, 3.63) is 76.1 Å². The highest BCUT2D eigenvalue weighted by molar-refractivity contribution is 5.76. The molecule has 2 atom stereocenters. The fourth-order valence-corrected chi connectivity index (χ4v) is 5.63. The van der Waals surface area contributed by atoms with E-state index in [2.05, 4.69) is 6.07 Å². The van der Waals surface area contributed by atoms with Crippen LogP contribution in [0.25, 0.3) is 11.1 Å². The maximum absolute atomic E-state index is 15.2. The third-order valence-corrected chi connectivity index (χ3v) is 7.52. The topological polar surface area (TPSA) is 88.8 Å². The molecule has 0 bridgehead atoms. The van der Waals surface area contributed by atoms with Crippen LogP contribution in [0, 0.1) is 36.4 Å². The van der Waals surface area contributed by atoms with Gasteiger partial charge >= 0.3 is 5.97 Å². The molecular weight excluding hydrogens is 497 g/mol. The van der Waals surface area contributed by atoms with Crippen molar-refractivity contribution in [3.63, 3.8) is 0 Å². The maximum Gasteiger partial charge on any atom is 0.304 e. The van der Waals surface area contributed by atoms with Gasteiger partial charge in [-0.25, -0.2) is 4.39 Å². The summed E-state index contributed by atoms with van der Waals surface area (Å²) in [5, 5.41) is 18.4. The molecule has 0 aromatic heterocycles. The highest BCUT2D eigenvalue weighted by Gasteiger charge is 2.32. The number of aliphatic carboxylic acids is 1. The average Bonchev–Trinajstić information content (AvgIpc) is 3.48. The smallest absolute Gasteiger partial charge is 0.304 e. The Hall–Kier alpha value is -4.05. The highest BCUT2D eigenvalue weighted by Crippen LogP contribution is 2.45. The van der Waals surface area contributed by atoms with Crippen molar-refractivity contribution in [2.45, 2.75) is 59.0 Å². The molecule has 0 fully saturated rings. The molecule has 1 aliphatic heterocycles. The van der Waals surface area contributed by atoms with E-state index in [9.17, 15) is 10.1 Å². The highest BCUT2D eigenvalue weighted by atomic mass is 19.1. The minimum Gasteiger partial charge on any atom is -0.492 e. The van der Waals surface area contributed by atoms with Crippen LogP contribution in [0.2, 0.25) is 0 Å². The first-order valence-corrected chi connectivity index (χ1v) is 13.2. The lowest BCUT2D eigenvalue weighted by Gasteiger charge is -2.20. The molecule has 1 N–H and O–H groups in total. The van der Waals surface area contributed by atoms with E-state index in [1.54, 1.807) is 6.07 Å². The van der Waals surface area contributed by atoms with Gasteiger partial charge in [0.1, 0.15) is 35.8 Å². The predicted octanol–water partition coefficient (Wildman–Crippen LogP) is 7.06. The van der Waals surface area contributed by atoms with E-state index in [0.29, 0.717) is 48.9 Å². The van der Waals surface area contributed by atoms with Crippen LogP contribution in [-0.2, 0) is 11.2 Å². The predicted molar refractivity (Wildman–Crippen MR) is 145 cm³/mol. The fourth-order valence-electron chi connectivity index (χ4n) is 5.63. The first-order valence-electron chi connectivity index (χ1n) is 13.2. The first-order chi connectivity index (χ1) is 18.6. The minimum absolute atomic E-state index is 0.0149. The summed E-state index contributed by atoms with van der Waals surface area (Å²) in [6, 6.07) is 15.0. The van der Waals surface area contributed by atoms with E-state index in [4.69, 9.17) is 19.3 Å².